The maximum Gasteiger partial charge on any atom is 0.235 e. The lowest BCUT2D eigenvalue weighted by atomic mass is 9.75. The number of amides is 1. The number of hydrogen-bond donors (Lipinski definition) is 1. The van der Waals surface area contributed by atoms with Gasteiger partial charge in [-0.1, -0.05) is 12.1 Å². The fraction of sp³-hybridized carbons (Fsp3) is 0.333. The number of aliphatic imine (C=N–C) groups is 1. The first-order chi connectivity index (χ1) is 12.9. The summed E-state index contributed by atoms with van der Waals surface area (Å²) in [6.07, 6.45) is 3.81. The van der Waals surface area contributed by atoms with Crippen LogP contribution < -0.4 is 5.73 Å². The quantitative estimate of drug-likeness (QED) is 0.911. The molecule has 0 saturated heterocycles. The summed E-state index contributed by atoms with van der Waals surface area (Å²) in [7, 11) is 1.68. The average Bonchev–Trinajstić information content (AvgIpc) is 3.51. The number of carbonyl (C=O) groups is 1. The molecule has 136 valence electrons. The largest absolute Gasteiger partial charge is 0.369 e. The number of nitrogens with zero attached hydrogens (tertiary/aromatic N) is 4. The van der Waals surface area contributed by atoms with E-state index in [-0.39, 0.29) is 17.8 Å². The molecule has 1 aromatic heterocycles. The molecule has 1 aliphatic carbocycles. The van der Waals surface area contributed by atoms with Crippen molar-refractivity contribution < 1.29 is 4.79 Å². The molecule has 0 radical (unpaired) electrons. The van der Waals surface area contributed by atoms with Crippen molar-refractivity contribution in [2.75, 3.05) is 7.05 Å². The van der Waals surface area contributed by atoms with Crippen LogP contribution in [0, 0.1) is 23.2 Å². The van der Waals surface area contributed by atoms with Gasteiger partial charge in [0, 0.05) is 18.8 Å². The van der Waals surface area contributed by atoms with Crippen LogP contribution in [-0.4, -0.2) is 28.8 Å². The van der Waals surface area contributed by atoms with Crippen molar-refractivity contribution in [3.63, 3.8) is 0 Å². The van der Waals surface area contributed by atoms with E-state index >= 15 is 0 Å². The van der Waals surface area contributed by atoms with Crippen LogP contribution in [0.15, 0.2) is 47.6 Å². The van der Waals surface area contributed by atoms with Gasteiger partial charge in [0.05, 0.1) is 28.8 Å². The minimum Gasteiger partial charge on any atom is -0.369 e. The van der Waals surface area contributed by atoms with Crippen molar-refractivity contribution in [1.82, 2.24) is 9.88 Å². The lowest BCUT2D eigenvalue weighted by Crippen LogP contribution is -2.54. The van der Waals surface area contributed by atoms with E-state index in [2.05, 4.69) is 11.1 Å². The Hall–Kier alpha value is -3.20. The first-order valence-corrected chi connectivity index (χ1v) is 9.04. The highest BCUT2D eigenvalue weighted by molar-refractivity contribution is 6.00. The summed E-state index contributed by atoms with van der Waals surface area (Å²) in [6.45, 7) is 1.98. The van der Waals surface area contributed by atoms with Gasteiger partial charge in [-0.3, -0.25) is 14.7 Å². The van der Waals surface area contributed by atoms with Crippen LogP contribution in [-0.2, 0) is 10.3 Å². The van der Waals surface area contributed by atoms with Gasteiger partial charge in [0.25, 0.3) is 0 Å². The Labute approximate surface area is 158 Å². The molecule has 2 atom stereocenters. The fourth-order valence-electron chi connectivity index (χ4n) is 3.93. The summed E-state index contributed by atoms with van der Waals surface area (Å²) in [4.78, 5) is 23.6. The summed E-state index contributed by atoms with van der Waals surface area (Å²) >= 11 is 0. The number of pyridine rings is 1. The van der Waals surface area contributed by atoms with E-state index in [0.717, 1.165) is 29.7 Å². The molecular formula is C21H21N5O. The number of nitrogens with two attached hydrogens (primary N) is 1. The number of benzene rings is 1. The van der Waals surface area contributed by atoms with Gasteiger partial charge in [-0.2, -0.15) is 5.26 Å². The number of hydrogen-bond acceptors (Lipinski definition) is 5. The van der Waals surface area contributed by atoms with Gasteiger partial charge in [-0.15, -0.1) is 0 Å². The molecule has 0 spiro atoms. The minimum atomic E-state index is -0.723. The molecule has 2 N–H and O–H groups in total. The molecule has 6 nitrogen and oxygen atoms in total. The zero-order valence-electron chi connectivity index (χ0n) is 15.4. The van der Waals surface area contributed by atoms with Gasteiger partial charge in [0.2, 0.25) is 5.91 Å². The first kappa shape index (κ1) is 17.2. The van der Waals surface area contributed by atoms with Crippen molar-refractivity contribution in [2.24, 2.45) is 22.6 Å². The van der Waals surface area contributed by atoms with Crippen LogP contribution in [0.4, 0.5) is 0 Å². The van der Waals surface area contributed by atoms with E-state index in [9.17, 15) is 4.79 Å². The predicted octanol–water partition coefficient (Wildman–Crippen LogP) is 2.65. The summed E-state index contributed by atoms with van der Waals surface area (Å²) < 4.78 is 0. The molecule has 2 aliphatic rings. The number of guanidine groups is 1. The molecule has 2 heterocycles. The smallest absolute Gasteiger partial charge is 0.235 e. The number of carbonyl (C=O) groups excluding carboxylic acids is 1. The monoisotopic (exact) mass is 359 g/mol. The Morgan fingerprint density at radius 1 is 1.30 bits per heavy atom. The molecule has 1 aromatic carbocycles. The van der Waals surface area contributed by atoms with E-state index < -0.39 is 5.54 Å². The maximum atomic E-state index is 13.0. The van der Waals surface area contributed by atoms with Gasteiger partial charge in [0.15, 0.2) is 5.96 Å². The lowest BCUT2D eigenvalue weighted by Gasteiger charge is -2.41. The number of rotatable bonds is 3. The van der Waals surface area contributed by atoms with Gasteiger partial charge in [0.1, 0.15) is 0 Å². The Morgan fingerprint density at radius 3 is 2.78 bits per heavy atom. The van der Waals surface area contributed by atoms with Crippen LogP contribution in [0.25, 0.3) is 11.3 Å². The lowest BCUT2D eigenvalue weighted by molar-refractivity contribution is -0.135. The fourth-order valence-corrected chi connectivity index (χ4v) is 3.93. The zero-order valence-corrected chi connectivity index (χ0v) is 15.4. The SMILES string of the molecule is CN1C(=O)[C@H](C2CC2)C(C)(c2ccnc(-c3cccc(C#N)c3)c2)N=C1N. The summed E-state index contributed by atoms with van der Waals surface area (Å²) in [6, 6.07) is 13.4. The van der Waals surface area contributed by atoms with Gasteiger partial charge in [-0.25, -0.2) is 4.99 Å². The Morgan fingerprint density at radius 2 is 2.07 bits per heavy atom. The molecule has 27 heavy (non-hydrogen) atoms. The van der Waals surface area contributed by atoms with E-state index in [1.54, 1.807) is 19.3 Å². The van der Waals surface area contributed by atoms with Crippen molar-refractivity contribution in [3.8, 4) is 17.3 Å². The summed E-state index contributed by atoms with van der Waals surface area (Å²) in [5.74, 6) is 0.373. The van der Waals surface area contributed by atoms with E-state index in [1.165, 1.54) is 4.90 Å². The molecular weight excluding hydrogens is 338 g/mol. The third-order valence-electron chi connectivity index (χ3n) is 5.62. The molecule has 1 unspecified atom stereocenters. The van der Waals surface area contributed by atoms with Crippen LogP contribution in [0.2, 0.25) is 0 Å². The maximum absolute atomic E-state index is 13.0. The molecule has 1 aliphatic heterocycles. The first-order valence-electron chi connectivity index (χ1n) is 9.04. The minimum absolute atomic E-state index is 0.0253. The molecule has 1 amide bonds. The normalized spacial score (nSPS) is 25.1. The molecule has 4 rings (SSSR count). The van der Waals surface area contributed by atoms with Crippen molar-refractivity contribution in [3.05, 3.63) is 53.7 Å². The molecule has 1 fully saturated rings. The number of nitriles is 1. The summed E-state index contributed by atoms with van der Waals surface area (Å²) in [5.41, 5.74) is 8.44. The van der Waals surface area contributed by atoms with Crippen LogP contribution in [0.5, 0.6) is 0 Å². The second-order valence-electron chi connectivity index (χ2n) is 7.45. The second kappa shape index (κ2) is 6.20. The Bertz CT molecular complexity index is 988. The van der Waals surface area contributed by atoms with E-state index in [0.29, 0.717) is 11.5 Å². The Balaban J connectivity index is 1.82. The average molecular weight is 359 g/mol. The third kappa shape index (κ3) is 2.85. The highest BCUT2D eigenvalue weighted by Crippen LogP contribution is 2.50. The highest BCUT2D eigenvalue weighted by Gasteiger charge is 2.53. The van der Waals surface area contributed by atoms with Gasteiger partial charge in [-0.05, 0) is 55.5 Å². The van der Waals surface area contributed by atoms with Crippen LogP contribution >= 0.6 is 0 Å². The standard InChI is InChI=1S/C21H21N5O/c1-21(18(14-6-7-14)19(27)26(2)20(23)25-21)16-8-9-24-17(11-16)15-5-3-4-13(10-15)12-22/h3-5,8-11,14,18H,6-7H2,1-2H3,(H2,23,25)/t18-,21?/m0/s1. The summed E-state index contributed by atoms with van der Waals surface area (Å²) in [5, 5.41) is 9.15. The molecule has 6 heteroatoms. The van der Waals surface area contributed by atoms with Crippen LogP contribution in [0.3, 0.4) is 0 Å². The molecule has 0 bridgehead atoms. The van der Waals surface area contributed by atoms with Crippen LogP contribution in [0.1, 0.15) is 30.9 Å². The van der Waals surface area contributed by atoms with E-state index in [4.69, 9.17) is 16.0 Å². The predicted molar refractivity (Wildman–Crippen MR) is 102 cm³/mol. The zero-order chi connectivity index (χ0) is 19.2. The van der Waals surface area contributed by atoms with Crippen molar-refractivity contribution >= 4 is 11.9 Å². The second-order valence-corrected chi connectivity index (χ2v) is 7.45. The van der Waals surface area contributed by atoms with Gasteiger partial charge >= 0.3 is 0 Å². The third-order valence-corrected chi connectivity index (χ3v) is 5.62. The van der Waals surface area contributed by atoms with Crippen molar-refractivity contribution in [2.45, 2.75) is 25.3 Å². The Kier molecular flexibility index (Phi) is 3.96. The van der Waals surface area contributed by atoms with Crippen molar-refractivity contribution in [1.29, 1.82) is 5.26 Å². The topological polar surface area (TPSA) is 95.4 Å². The molecule has 2 aromatic rings. The number of aromatic nitrogens is 1. The molecule has 1 saturated carbocycles. The van der Waals surface area contributed by atoms with Gasteiger partial charge < -0.3 is 5.73 Å². The van der Waals surface area contributed by atoms with E-state index in [1.807, 2.05) is 37.3 Å². The highest BCUT2D eigenvalue weighted by atomic mass is 16.2.